The van der Waals surface area contributed by atoms with Crippen LogP contribution in [0.3, 0.4) is 0 Å². The van der Waals surface area contributed by atoms with Gasteiger partial charge in [-0.1, -0.05) is 5.16 Å². The minimum Gasteiger partial charge on any atom is -0.356 e. The molecule has 0 spiro atoms. The van der Waals surface area contributed by atoms with Crippen molar-refractivity contribution >= 4 is 11.6 Å². The molecule has 1 aliphatic rings. The van der Waals surface area contributed by atoms with E-state index in [1.54, 1.807) is 10.7 Å². The van der Waals surface area contributed by atoms with Crippen LogP contribution in [0.4, 0.5) is 23.2 Å². The van der Waals surface area contributed by atoms with E-state index in [-0.39, 0.29) is 29.6 Å². The van der Waals surface area contributed by atoms with Crippen molar-refractivity contribution in [2.24, 2.45) is 0 Å². The number of rotatable bonds is 3. The van der Waals surface area contributed by atoms with Crippen LogP contribution >= 0.6 is 0 Å². The molecule has 174 valence electrons. The normalized spacial score (nSPS) is 16.1. The van der Waals surface area contributed by atoms with E-state index in [1.165, 1.54) is 42.4 Å². The fraction of sp³-hybridized carbons (Fsp3) is 0.217. The van der Waals surface area contributed by atoms with Crippen molar-refractivity contribution in [3.05, 3.63) is 71.6 Å². The molecule has 5 rings (SSSR count). The Morgan fingerprint density at radius 2 is 1.91 bits per heavy atom. The van der Waals surface area contributed by atoms with Crippen LogP contribution in [0.15, 0.2) is 53.4 Å². The van der Waals surface area contributed by atoms with Crippen molar-refractivity contribution in [2.45, 2.75) is 26.1 Å². The number of nitrogens with zero attached hydrogens (tertiary/aromatic N) is 5. The summed E-state index contributed by atoms with van der Waals surface area (Å²) < 4.78 is 59.9. The predicted octanol–water partition coefficient (Wildman–Crippen LogP) is 5.29. The number of hydrogen-bond acceptors (Lipinski definition) is 5. The molecule has 4 heterocycles. The van der Waals surface area contributed by atoms with Gasteiger partial charge >= 0.3 is 6.18 Å². The Morgan fingerprint density at radius 3 is 2.62 bits per heavy atom. The van der Waals surface area contributed by atoms with Gasteiger partial charge in [0.1, 0.15) is 17.2 Å². The number of carbonyl (C=O) groups is 1. The van der Waals surface area contributed by atoms with Gasteiger partial charge in [-0.05, 0) is 43.7 Å². The minimum absolute atomic E-state index is 0.0228. The number of benzene rings is 1. The van der Waals surface area contributed by atoms with Gasteiger partial charge in [-0.15, -0.1) is 0 Å². The molecule has 4 aromatic rings. The minimum atomic E-state index is -4.48. The molecule has 0 bridgehead atoms. The van der Waals surface area contributed by atoms with Crippen molar-refractivity contribution in [3.63, 3.8) is 0 Å². The number of alkyl halides is 3. The Balaban J connectivity index is 1.52. The van der Waals surface area contributed by atoms with E-state index in [0.29, 0.717) is 22.5 Å². The molecule has 1 amide bonds. The Labute approximate surface area is 190 Å². The molecule has 7 nitrogen and oxygen atoms in total. The summed E-state index contributed by atoms with van der Waals surface area (Å²) in [4.78, 5) is 18.7. The highest BCUT2D eigenvalue weighted by atomic mass is 19.4. The molecule has 1 aromatic carbocycles. The average molecular weight is 471 g/mol. The first kappa shape index (κ1) is 21.8. The number of anilines is 1. The molecule has 1 atom stereocenters. The molecular weight excluding hydrogens is 454 g/mol. The number of aryl methyl sites for hydroxylation is 1. The van der Waals surface area contributed by atoms with Crippen molar-refractivity contribution in [2.75, 3.05) is 11.4 Å². The molecular formula is C23H17F4N5O2. The smallest absolute Gasteiger partial charge is 0.356 e. The fourth-order valence-corrected chi connectivity index (χ4v) is 4.09. The number of carbonyl (C=O) groups excluding carboxylic acids is 1. The van der Waals surface area contributed by atoms with Gasteiger partial charge in [0.15, 0.2) is 5.76 Å². The zero-order chi connectivity index (χ0) is 24.2. The molecule has 0 fully saturated rings. The lowest BCUT2D eigenvalue weighted by molar-refractivity contribution is -0.138. The van der Waals surface area contributed by atoms with E-state index in [0.717, 1.165) is 12.3 Å². The Bertz CT molecular complexity index is 1410. The second-order valence-corrected chi connectivity index (χ2v) is 8.08. The Kier molecular flexibility index (Phi) is 4.99. The van der Waals surface area contributed by atoms with E-state index in [4.69, 9.17) is 4.52 Å². The lowest BCUT2D eigenvalue weighted by atomic mass is 10.0. The highest BCUT2D eigenvalue weighted by Crippen LogP contribution is 2.37. The van der Waals surface area contributed by atoms with Crippen LogP contribution in [0.25, 0.3) is 22.6 Å². The van der Waals surface area contributed by atoms with Crippen molar-refractivity contribution < 1.29 is 26.9 Å². The molecule has 1 aliphatic heterocycles. The lowest BCUT2D eigenvalue weighted by Gasteiger charge is -2.32. The summed E-state index contributed by atoms with van der Waals surface area (Å²) in [5.41, 5.74) is 0.939. The number of amides is 1. The Hall–Kier alpha value is -4.02. The van der Waals surface area contributed by atoms with Crippen LogP contribution < -0.4 is 4.90 Å². The first-order valence-electron chi connectivity index (χ1n) is 10.3. The summed E-state index contributed by atoms with van der Waals surface area (Å²) in [6, 6.07) is 6.16. The quantitative estimate of drug-likeness (QED) is 0.380. The van der Waals surface area contributed by atoms with Crippen LogP contribution in [0.1, 0.15) is 34.6 Å². The highest BCUT2D eigenvalue weighted by Gasteiger charge is 2.36. The average Bonchev–Trinajstić information content (AvgIpc) is 3.43. The van der Waals surface area contributed by atoms with E-state index in [2.05, 4.69) is 15.2 Å². The third-order valence-electron chi connectivity index (χ3n) is 5.71. The number of halogens is 4. The maximum Gasteiger partial charge on any atom is 0.416 e. The maximum atomic E-state index is 13.5. The van der Waals surface area contributed by atoms with E-state index < -0.39 is 23.5 Å². The van der Waals surface area contributed by atoms with E-state index in [1.807, 2.05) is 6.92 Å². The first-order valence-corrected chi connectivity index (χ1v) is 10.3. The third-order valence-corrected chi connectivity index (χ3v) is 5.71. The standard InChI is InChI=1S/C23H17F4N5O2/c1-12-5-16(3-4-18(12)23(25,26)27)31-11-13(2)32-21(22(31)33)17(10-29-32)19-7-20(34-30-19)14-6-15(24)9-28-8-14/h3-10,13H,11H2,1-2H3. The molecule has 0 aliphatic carbocycles. The number of aromatic nitrogens is 4. The van der Waals surface area contributed by atoms with Gasteiger partial charge in [0, 0.05) is 30.1 Å². The van der Waals surface area contributed by atoms with Crippen LogP contribution in [-0.2, 0) is 6.18 Å². The van der Waals surface area contributed by atoms with Crippen molar-refractivity contribution in [1.29, 1.82) is 0 Å². The van der Waals surface area contributed by atoms with Gasteiger partial charge in [0.25, 0.3) is 5.91 Å². The summed E-state index contributed by atoms with van der Waals surface area (Å²) in [5, 5.41) is 8.33. The molecule has 0 N–H and O–H groups in total. The SMILES string of the molecule is Cc1cc(N2CC(C)n3ncc(-c4cc(-c5cncc(F)c5)on4)c3C2=O)ccc1C(F)(F)F. The topological polar surface area (TPSA) is 77.1 Å². The van der Waals surface area contributed by atoms with Gasteiger partial charge in [-0.3, -0.25) is 14.5 Å². The van der Waals surface area contributed by atoms with Crippen LogP contribution in [0, 0.1) is 12.7 Å². The molecule has 3 aromatic heterocycles. The lowest BCUT2D eigenvalue weighted by Crippen LogP contribution is -2.42. The summed E-state index contributed by atoms with van der Waals surface area (Å²) in [5.74, 6) is -0.708. The molecule has 1 unspecified atom stereocenters. The van der Waals surface area contributed by atoms with Crippen LogP contribution in [0.2, 0.25) is 0 Å². The van der Waals surface area contributed by atoms with Crippen molar-refractivity contribution in [3.8, 4) is 22.6 Å². The fourth-order valence-electron chi connectivity index (χ4n) is 4.09. The highest BCUT2D eigenvalue weighted by molar-refractivity contribution is 6.09. The second kappa shape index (κ2) is 7.79. The van der Waals surface area contributed by atoms with Gasteiger partial charge in [-0.25, -0.2) is 4.39 Å². The summed E-state index contributed by atoms with van der Waals surface area (Å²) in [6.45, 7) is 3.44. The van der Waals surface area contributed by atoms with Gasteiger partial charge in [-0.2, -0.15) is 18.3 Å². The van der Waals surface area contributed by atoms with Crippen molar-refractivity contribution in [1.82, 2.24) is 19.9 Å². The molecule has 0 saturated carbocycles. The summed E-state index contributed by atoms with van der Waals surface area (Å²) in [6.07, 6.45) is -0.513. The van der Waals surface area contributed by atoms with Gasteiger partial charge in [0.2, 0.25) is 0 Å². The van der Waals surface area contributed by atoms with E-state index >= 15 is 0 Å². The summed E-state index contributed by atoms with van der Waals surface area (Å²) >= 11 is 0. The van der Waals surface area contributed by atoms with Crippen LogP contribution in [-0.4, -0.2) is 32.4 Å². The third kappa shape index (κ3) is 3.62. The molecule has 0 saturated heterocycles. The molecule has 34 heavy (non-hydrogen) atoms. The second-order valence-electron chi connectivity index (χ2n) is 8.08. The number of fused-ring (bicyclic) bond motifs is 1. The molecule has 11 heteroatoms. The van der Waals surface area contributed by atoms with E-state index in [9.17, 15) is 22.4 Å². The van der Waals surface area contributed by atoms with Crippen LogP contribution in [0.5, 0.6) is 0 Å². The first-order chi connectivity index (χ1) is 16.1. The zero-order valence-corrected chi connectivity index (χ0v) is 18.0. The predicted molar refractivity (Wildman–Crippen MR) is 113 cm³/mol. The Morgan fingerprint density at radius 1 is 1.12 bits per heavy atom. The monoisotopic (exact) mass is 471 g/mol. The summed E-state index contributed by atoms with van der Waals surface area (Å²) in [7, 11) is 0. The number of hydrogen-bond donors (Lipinski definition) is 0. The largest absolute Gasteiger partial charge is 0.416 e. The zero-order valence-electron chi connectivity index (χ0n) is 18.0. The number of pyridine rings is 1. The van der Waals surface area contributed by atoms with Gasteiger partial charge in [0.05, 0.1) is 29.6 Å². The molecule has 0 radical (unpaired) electrons. The van der Waals surface area contributed by atoms with Gasteiger partial charge < -0.3 is 9.42 Å². The maximum absolute atomic E-state index is 13.5.